The number of methoxy groups -OCH3 is 1. The van der Waals surface area contributed by atoms with Crippen LogP contribution in [0.25, 0.3) is 22.4 Å². The Balaban J connectivity index is 1.60. The summed E-state index contributed by atoms with van der Waals surface area (Å²) in [5, 5.41) is 4.56. The Labute approximate surface area is 175 Å². The maximum atomic E-state index is 5.65. The van der Waals surface area contributed by atoms with Gasteiger partial charge in [0.2, 0.25) is 0 Å². The van der Waals surface area contributed by atoms with Crippen molar-refractivity contribution in [3.05, 3.63) is 54.5 Å². The molecule has 1 saturated heterocycles. The average molecular weight is 403 g/mol. The molecule has 0 saturated carbocycles. The number of aryl methyl sites for hydroxylation is 1. The lowest BCUT2D eigenvalue weighted by Crippen LogP contribution is -2.26. The van der Waals surface area contributed by atoms with Gasteiger partial charge in [0.25, 0.3) is 0 Å². The van der Waals surface area contributed by atoms with Crippen molar-refractivity contribution in [1.82, 2.24) is 24.3 Å². The number of benzene rings is 1. The van der Waals surface area contributed by atoms with Crippen LogP contribution in [0.15, 0.2) is 48.8 Å². The quantitative estimate of drug-likeness (QED) is 0.507. The van der Waals surface area contributed by atoms with Crippen LogP contribution in [0.5, 0.6) is 5.75 Å². The Kier molecular flexibility index (Phi) is 4.65. The van der Waals surface area contributed by atoms with Crippen molar-refractivity contribution < 1.29 is 4.74 Å². The normalized spacial score (nSPS) is 16.5. The molecule has 0 N–H and O–H groups in total. The molecule has 1 aliphatic heterocycles. The molecule has 1 aromatic carbocycles. The zero-order valence-corrected chi connectivity index (χ0v) is 17.6. The number of hydrogen-bond donors (Lipinski definition) is 0. The van der Waals surface area contributed by atoms with Crippen molar-refractivity contribution in [1.29, 1.82) is 0 Å². The van der Waals surface area contributed by atoms with E-state index in [1.807, 2.05) is 48.4 Å². The van der Waals surface area contributed by atoms with E-state index in [-0.39, 0.29) is 0 Å². The van der Waals surface area contributed by atoms with Crippen LogP contribution in [-0.4, -0.2) is 44.0 Å². The van der Waals surface area contributed by atoms with Gasteiger partial charge in [0.05, 0.1) is 24.9 Å². The number of anilines is 1. The predicted octanol–water partition coefficient (Wildman–Crippen LogP) is 3.88. The summed E-state index contributed by atoms with van der Waals surface area (Å²) in [7, 11) is 3.62. The second-order valence-corrected chi connectivity index (χ2v) is 7.92. The molecular weight excluding hydrogens is 376 g/mol. The summed E-state index contributed by atoms with van der Waals surface area (Å²) in [6.07, 6.45) is 6.34. The Hall–Kier alpha value is -3.35. The van der Waals surface area contributed by atoms with E-state index >= 15 is 0 Å². The molecule has 5 rings (SSSR count). The van der Waals surface area contributed by atoms with E-state index in [0.29, 0.717) is 12.6 Å². The Morgan fingerprint density at radius 1 is 1.17 bits per heavy atom. The van der Waals surface area contributed by atoms with Gasteiger partial charge in [-0.3, -0.25) is 4.68 Å². The van der Waals surface area contributed by atoms with Gasteiger partial charge in [-0.25, -0.2) is 9.97 Å². The number of para-hydroxylation sites is 1. The van der Waals surface area contributed by atoms with Crippen molar-refractivity contribution in [2.24, 2.45) is 7.05 Å². The van der Waals surface area contributed by atoms with Gasteiger partial charge in [-0.05, 0) is 50.1 Å². The third-order valence-corrected chi connectivity index (χ3v) is 5.89. The summed E-state index contributed by atoms with van der Waals surface area (Å²) in [5.74, 6) is 2.71. The molecule has 0 unspecified atom stereocenters. The minimum absolute atomic E-state index is 0.543. The minimum Gasteiger partial charge on any atom is -0.494 e. The molecule has 0 aliphatic carbocycles. The first-order chi connectivity index (χ1) is 14.6. The molecule has 4 heterocycles. The van der Waals surface area contributed by atoms with Gasteiger partial charge >= 0.3 is 0 Å². The summed E-state index contributed by atoms with van der Waals surface area (Å²) in [5.41, 5.74) is 3.83. The van der Waals surface area contributed by atoms with E-state index in [9.17, 15) is 0 Å². The van der Waals surface area contributed by atoms with Crippen LogP contribution in [-0.2, 0) is 13.6 Å². The fourth-order valence-corrected chi connectivity index (χ4v) is 4.36. The smallest absolute Gasteiger partial charge is 0.144 e. The van der Waals surface area contributed by atoms with Crippen molar-refractivity contribution in [2.45, 2.75) is 32.4 Å². The topological polar surface area (TPSA) is 61.0 Å². The first-order valence-electron chi connectivity index (χ1n) is 10.4. The van der Waals surface area contributed by atoms with Crippen LogP contribution >= 0.6 is 0 Å². The van der Waals surface area contributed by atoms with Crippen LogP contribution in [0.4, 0.5) is 5.82 Å². The van der Waals surface area contributed by atoms with Crippen LogP contribution in [0.1, 0.15) is 25.5 Å². The maximum Gasteiger partial charge on any atom is 0.144 e. The molecule has 1 fully saturated rings. The summed E-state index contributed by atoms with van der Waals surface area (Å²) in [4.78, 5) is 12.1. The maximum absolute atomic E-state index is 5.65. The Morgan fingerprint density at radius 3 is 2.73 bits per heavy atom. The van der Waals surface area contributed by atoms with Crippen molar-refractivity contribution in [2.75, 3.05) is 18.6 Å². The molecule has 0 bridgehead atoms. The van der Waals surface area contributed by atoms with Crippen molar-refractivity contribution in [3.8, 4) is 17.1 Å². The number of fused-ring (bicyclic) bond motifs is 1. The molecular formula is C23H26N6O. The number of aromatic nitrogens is 5. The molecule has 1 atom stereocenters. The molecule has 0 radical (unpaired) electrons. The van der Waals surface area contributed by atoms with Crippen LogP contribution in [0.2, 0.25) is 0 Å². The van der Waals surface area contributed by atoms with Crippen LogP contribution in [0, 0.1) is 0 Å². The number of nitrogens with zero attached hydrogens (tertiary/aromatic N) is 6. The monoisotopic (exact) mass is 402 g/mol. The molecule has 4 aromatic rings. The zero-order chi connectivity index (χ0) is 20.7. The lowest BCUT2D eigenvalue weighted by molar-refractivity contribution is 0.417. The van der Waals surface area contributed by atoms with E-state index in [4.69, 9.17) is 14.7 Å². The lowest BCUT2D eigenvalue weighted by Gasteiger charge is -2.22. The molecule has 0 spiro atoms. The zero-order valence-electron chi connectivity index (χ0n) is 17.6. The van der Waals surface area contributed by atoms with E-state index in [2.05, 4.69) is 33.6 Å². The van der Waals surface area contributed by atoms with Crippen LogP contribution < -0.4 is 9.64 Å². The molecule has 7 nitrogen and oxygen atoms in total. The van der Waals surface area contributed by atoms with Gasteiger partial charge in [0.1, 0.15) is 22.9 Å². The lowest BCUT2D eigenvalue weighted by atomic mass is 10.2. The molecule has 30 heavy (non-hydrogen) atoms. The molecule has 154 valence electrons. The molecule has 7 heteroatoms. The first-order valence-corrected chi connectivity index (χ1v) is 10.4. The molecule has 0 amide bonds. The van der Waals surface area contributed by atoms with Gasteiger partial charge in [-0.1, -0.05) is 6.07 Å². The van der Waals surface area contributed by atoms with E-state index in [1.165, 1.54) is 12.8 Å². The van der Waals surface area contributed by atoms with E-state index in [0.717, 1.165) is 46.2 Å². The van der Waals surface area contributed by atoms with Gasteiger partial charge in [0, 0.05) is 37.6 Å². The van der Waals surface area contributed by atoms with Crippen molar-refractivity contribution in [3.63, 3.8) is 0 Å². The molecule has 3 aromatic heterocycles. The second kappa shape index (κ2) is 7.48. The minimum atomic E-state index is 0.543. The summed E-state index contributed by atoms with van der Waals surface area (Å²) < 4.78 is 9.64. The highest BCUT2D eigenvalue weighted by atomic mass is 16.5. The summed E-state index contributed by atoms with van der Waals surface area (Å²) in [6.45, 7) is 3.95. The van der Waals surface area contributed by atoms with Crippen molar-refractivity contribution >= 4 is 16.9 Å². The summed E-state index contributed by atoms with van der Waals surface area (Å²) in [6, 6.07) is 12.8. The van der Waals surface area contributed by atoms with E-state index in [1.54, 1.807) is 7.11 Å². The number of hydrogen-bond acceptors (Lipinski definition) is 5. The SMILES string of the molecule is COc1cccc2nc(-c3ccc(N4CCC[C@@H]4C)nc3)n(Cc3ccn(C)n3)c12. The number of ether oxygens (including phenoxy) is 1. The third kappa shape index (κ3) is 3.20. The highest BCUT2D eigenvalue weighted by molar-refractivity contribution is 5.86. The van der Waals surface area contributed by atoms with Gasteiger partial charge < -0.3 is 14.2 Å². The fraction of sp³-hybridized carbons (Fsp3) is 0.348. The van der Waals surface area contributed by atoms with Gasteiger partial charge in [-0.2, -0.15) is 5.10 Å². The molecule has 1 aliphatic rings. The highest BCUT2D eigenvalue weighted by Gasteiger charge is 2.22. The number of rotatable bonds is 5. The Morgan fingerprint density at radius 2 is 2.07 bits per heavy atom. The van der Waals surface area contributed by atoms with Gasteiger partial charge in [0.15, 0.2) is 0 Å². The second-order valence-electron chi connectivity index (χ2n) is 7.92. The largest absolute Gasteiger partial charge is 0.494 e. The van der Waals surface area contributed by atoms with E-state index < -0.39 is 0 Å². The predicted molar refractivity (Wildman–Crippen MR) is 118 cm³/mol. The number of pyridine rings is 1. The summed E-state index contributed by atoms with van der Waals surface area (Å²) >= 11 is 0. The fourth-order valence-electron chi connectivity index (χ4n) is 4.36. The standard InChI is InChI=1S/C23H26N6O/c1-16-6-5-12-28(16)21-10-9-17(14-24-21)23-25-19-7-4-8-20(30-3)22(19)29(23)15-18-11-13-27(2)26-18/h4,7-11,13-14,16H,5-6,12,15H2,1-3H3/t16-/m0/s1. The number of imidazole rings is 1. The van der Waals surface area contributed by atoms with Crippen LogP contribution in [0.3, 0.4) is 0 Å². The third-order valence-electron chi connectivity index (χ3n) is 5.89. The Bertz CT molecular complexity index is 1180. The van der Waals surface area contributed by atoms with Gasteiger partial charge in [-0.15, -0.1) is 0 Å². The average Bonchev–Trinajstić information content (AvgIpc) is 3.47. The highest BCUT2D eigenvalue weighted by Crippen LogP contribution is 2.32. The first kappa shape index (κ1) is 18.7.